The Hall–Kier alpha value is -2.10. The molecule has 0 aliphatic carbocycles. The van der Waals surface area contributed by atoms with Crippen LogP contribution in [0.2, 0.25) is 0 Å². The highest BCUT2D eigenvalue weighted by atomic mass is 15.2. The van der Waals surface area contributed by atoms with Crippen LogP contribution in [0, 0.1) is 5.41 Å². The van der Waals surface area contributed by atoms with Crippen molar-refractivity contribution in [2.45, 2.75) is 13.1 Å². The van der Waals surface area contributed by atoms with E-state index in [1.807, 2.05) is 35.3 Å². The van der Waals surface area contributed by atoms with Crippen molar-refractivity contribution in [1.82, 2.24) is 14.5 Å². The van der Waals surface area contributed by atoms with Gasteiger partial charge in [0, 0.05) is 37.6 Å². The van der Waals surface area contributed by atoms with Gasteiger partial charge >= 0.3 is 0 Å². The van der Waals surface area contributed by atoms with Crippen LogP contribution in [0.5, 0.6) is 0 Å². The third-order valence-corrected chi connectivity index (χ3v) is 3.14. The van der Waals surface area contributed by atoms with Crippen molar-refractivity contribution < 1.29 is 0 Å². The molecule has 4 heteroatoms. The largest absolute Gasteiger partial charge is 0.350 e. The Morgan fingerprint density at radius 2 is 2.12 bits per heavy atom. The average molecular weight is 226 g/mol. The lowest BCUT2D eigenvalue weighted by Gasteiger charge is -2.17. The van der Waals surface area contributed by atoms with Crippen molar-refractivity contribution in [2.24, 2.45) is 0 Å². The monoisotopic (exact) mass is 226 g/mol. The lowest BCUT2D eigenvalue weighted by molar-refractivity contribution is 0.401. The number of hydrogen-bond donors (Lipinski definition) is 1. The number of hydrogen-bond acceptors (Lipinski definition) is 2. The summed E-state index contributed by atoms with van der Waals surface area (Å²) in [5.41, 5.74) is 2.32. The molecule has 4 nitrogen and oxygen atoms in total. The first-order valence-corrected chi connectivity index (χ1v) is 5.72. The zero-order valence-corrected chi connectivity index (χ0v) is 9.50. The summed E-state index contributed by atoms with van der Waals surface area (Å²) in [6, 6.07) is 8.15. The molecule has 1 aliphatic heterocycles. The quantitative estimate of drug-likeness (QED) is 0.866. The lowest BCUT2D eigenvalue weighted by Crippen LogP contribution is -2.27. The molecule has 1 aromatic carbocycles. The molecule has 3 rings (SSSR count). The van der Waals surface area contributed by atoms with E-state index < -0.39 is 0 Å². The fraction of sp³-hybridized carbons (Fsp3) is 0.231. The standard InChI is InChI=1S/C13H14N4/c14-13-12-4-2-1-3-11(12)9-17(13)8-7-16-6-5-15-10-16/h1-6,10,14H,7-9H2. The van der Waals surface area contributed by atoms with Gasteiger partial charge in [0.2, 0.25) is 0 Å². The van der Waals surface area contributed by atoms with E-state index in [2.05, 4.69) is 16.0 Å². The van der Waals surface area contributed by atoms with E-state index in [0.717, 1.165) is 25.2 Å². The second kappa shape index (κ2) is 4.05. The third kappa shape index (κ3) is 1.82. The smallest absolute Gasteiger partial charge is 0.128 e. The fourth-order valence-electron chi connectivity index (χ4n) is 2.19. The predicted molar refractivity (Wildman–Crippen MR) is 65.9 cm³/mol. The van der Waals surface area contributed by atoms with Gasteiger partial charge < -0.3 is 9.47 Å². The van der Waals surface area contributed by atoms with Crippen LogP contribution >= 0.6 is 0 Å². The number of nitrogens with one attached hydrogen (secondary N) is 1. The van der Waals surface area contributed by atoms with Crippen molar-refractivity contribution in [3.8, 4) is 0 Å². The summed E-state index contributed by atoms with van der Waals surface area (Å²) in [5, 5.41) is 8.12. The molecule has 0 spiro atoms. The van der Waals surface area contributed by atoms with Gasteiger partial charge in [0.25, 0.3) is 0 Å². The van der Waals surface area contributed by atoms with E-state index in [1.165, 1.54) is 5.56 Å². The van der Waals surface area contributed by atoms with Gasteiger partial charge in [-0.1, -0.05) is 24.3 Å². The fourth-order valence-corrected chi connectivity index (χ4v) is 2.19. The number of fused-ring (bicyclic) bond motifs is 1. The maximum absolute atomic E-state index is 8.12. The van der Waals surface area contributed by atoms with E-state index in [1.54, 1.807) is 6.20 Å². The average Bonchev–Trinajstić information content (AvgIpc) is 2.96. The number of imidazole rings is 1. The molecule has 0 atom stereocenters. The van der Waals surface area contributed by atoms with Crippen LogP contribution in [0.15, 0.2) is 43.0 Å². The molecule has 0 bridgehead atoms. The minimum absolute atomic E-state index is 0.640. The Kier molecular flexibility index (Phi) is 2.40. The molecule has 1 aromatic heterocycles. The maximum Gasteiger partial charge on any atom is 0.128 e. The van der Waals surface area contributed by atoms with Gasteiger partial charge in [-0.3, -0.25) is 5.41 Å². The van der Waals surface area contributed by atoms with Crippen molar-refractivity contribution in [1.29, 1.82) is 5.41 Å². The van der Waals surface area contributed by atoms with Crippen LogP contribution in [-0.2, 0) is 13.1 Å². The molecular weight excluding hydrogens is 212 g/mol. The minimum atomic E-state index is 0.640. The van der Waals surface area contributed by atoms with Gasteiger partial charge in [-0.2, -0.15) is 0 Å². The van der Waals surface area contributed by atoms with E-state index in [4.69, 9.17) is 5.41 Å². The summed E-state index contributed by atoms with van der Waals surface area (Å²) in [5.74, 6) is 0.640. The lowest BCUT2D eigenvalue weighted by atomic mass is 10.1. The Labute approximate surface area is 100 Å². The molecule has 1 aliphatic rings. The van der Waals surface area contributed by atoms with Crippen LogP contribution in [0.3, 0.4) is 0 Å². The summed E-state index contributed by atoms with van der Waals surface area (Å²) >= 11 is 0. The van der Waals surface area contributed by atoms with Crippen molar-refractivity contribution >= 4 is 5.84 Å². The van der Waals surface area contributed by atoms with Crippen LogP contribution in [0.1, 0.15) is 11.1 Å². The topological polar surface area (TPSA) is 44.9 Å². The van der Waals surface area contributed by atoms with E-state index in [9.17, 15) is 0 Å². The predicted octanol–water partition coefficient (Wildman–Crippen LogP) is 1.72. The van der Waals surface area contributed by atoms with Gasteiger partial charge in [0.15, 0.2) is 0 Å². The van der Waals surface area contributed by atoms with Crippen LogP contribution in [0.4, 0.5) is 0 Å². The number of amidine groups is 1. The molecule has 0 amide bonds. The van der Waals surface area contributed by atoms with Crippen LogP contribution < -0.4 is 0 Å². The number of rotatable bonds is 3. The van der Waals surface area contributed by atoms with Crippen LogP contribution in [0.25, 0.3) is 0 Å². The highest BCUT2D eigenvalue weighted by molar-refractivity contribution is 6.00. The van der Waals surface area contributed by atoms with Crippen molar-refractivity contribution in [3.05, 3.63) is 54.1 Å². The van der Waals surface area contributed by atoms with Crippen molar-refractivity contribution in [2.75, 3.05) is 6.54 Å². The molecule has 0 radical (unpaired) electrons. The number of nitrogens with zero attached hydrogens (tertiary/aromatic N) is 3. The summed E-state index contributed by atoms with van der Waals surface area (Å²) < 4.78 is 2.04. The Morgan fingerprint density at radius 3 is 2.88 bits per heavy atom. The number of aromatic nitrogens is 2. The maximum atomic E-state index is 8.12. The van der Waals surface area contributed by atoms with Gasteiger partial charge in [0.05, 0.1) is 6.33 Å². The Morgan fingerprint density at radius 1 is 1.24 bits per heavy atom. The molecule has 1 N–H and O–H groups in total. The first kappa shape index (κ1) is 10.1. The second-order valence-electron chi connectivity index (χ2n) is 4.23. The number of benzene rings is 1. The SMILES string of the molecule is N=C1c2ccccc2CN1CCn1ccnc1. The van der Waals surface area contributed by atoms with Gasteiger partial charge in [-0.15, -0.1) is 0 Å². The normalized spacial score (nSPS) is 14.1. The van der Waals surface area contributed by atoms with Gasteiger partial charge in [-0.05, 0) is 5.56 Å². The molecule has 2 heterocycles. The highest BCUT2D eigenvalue weighted by Crippen LogP contribution is 2.21. The van der Waals surface area contributed by atoms with Crippen molar-refractivity contribution in [3.63, 3.8) is 0 Å². The first-order chi connectivity index (χ1) is 8.34. The first-order valence-electron chi connectivity index (χ1n) is 5.72. The summed E-state index contributed by atoms with van der Waals surface area (Å²) in [6.45, 7) is 2.57. The summed E-state index contributed by atoms with van der Waals surface area (Å²) in [4.78, 5) is 6.12. The molecule has 0 unspecified atom stereocenters. The third-order valence-electron chi connectivity index (χ3n) is 3.14. The van der Waals surface area contributed by atoms with Gasteiger partial charge in [0.1, 0.15) is 5.84 Å². The minimum Gasteiger partial charge on any atom is -0.350 e. The Bertz CT molecular complexity index is 530. The molecular formula is C13H14N4. The molecule has 0 saturated carbocycles. The van der Waals surface area contributed by atoms with E-state index in [-0.39, 0.29) is 0 Å². The highest BCUT2D eigenvalue weighted by Gasteiger charge is 2.22. The van der Waals surface area contributed by atoms with E-state index in [0.29, 0.717) is 5.84 Å². The molecule has 0 fully saturated rings. The van der Waals surface area contributed by atoms with Gasteiger partial charge in [-0.25, -0.2) is 4.98 Å². The van der Waals surface area contributed by atoms with E-state index >= 15 is 0 Å². The second-order valence-corrected chi connectivity index (χ2v) is 4.23. The van der Waals surface area contributed by atoms with Crippen LogP contribution in [-0.4, -0.2) is 26.8 Å². The zero-order chi connectivity index (χ0) is 11.7. The summed E-state index contributed by atoms with van der Waals surface area (Å²) in [7, 11) is 0. The molecule has 86 valence electrons. The molecule has 2 aromatic rings. The Balaban J connectivity index is 1.70. The zero-order valence-electron chi connectivity index (χ0n) is 9.50. The summed E-state index contributed by atoms with van der Waals surface area (Å²) in [6.07, 6.45) is 5.55. The molecule has 0 saturated heterocycles. The molecule has 17 heavy (non-hydrogen) atoms.